The fourth-order valence-corrected chi connectivity index (χ4v) is 3.96. The van der Waals surface area contributed by atoms with Gasteiger partial charge in [-0.25, -0.2) is 0 Å². The molecule has 9 heteroatoms. The van der Waals surface area contributed by atoms with Crippen LogP contribution in [0.4, 0.5) is 18.9 Å². The Morgan fingerprint density at radius 2 is 1.83 bits per heavy atom. The Morgan fingerprint density at radius 3 is 2.52 bits per heavy atom. The highest BCUT2D eigenvalue weighted by atomic mass is 19.4. The van der Waals surface area contributed by atoms with Crippen LogP contribution < -0.4 is 9.64 Å². The van der Waals surface area contributed by atoms with E-state index in [0.717, 1.165) is 38.2 Å². The number of alkyl halides is 3. The molecule has 6 nitrogen and oxygen atoms in total. The number of hydrogen-bond donors (Lipinski definition) is 0. The molecular formula is C20H26F3N3O3. The van der Waals surface area contributed by atoms with E-state index < -0.39 is 18.2 Å². The Labute approximate surface area is 168 Å². The topological polar surface area (TPSA) is 53.1 Å². The van der Waals surface area contributed by atoms with Crippen molar-refractivity contribution < 1.29 is 27.5 Å². The number of halogens is 3. The van der Waals surface area contributed by atoms with Crippen molar-refractivity contribution >= 4 is 17.5 Å². The van der Waals surface area contributed by atoms with Crippen LogP contribution in [-0.4, -0.2) is 66.7 Å². The van der Waals surface area contributed by atoms with Crippen LogP contribution in [0.3, 0.4) is 0 Å². The van der Waals surface area contributed by atoms with Gasteiger partial charge in [0, 0.05) is 18.3 Å². The van der Waals surface area contributed by atoms with E-state index in [0.29, 0.717) is 6.54 Å². The molecule has 29 heavy (non-hydrogen) atoms. The van der Waals surface area contributed by atoms with E-state index in [1.165, 1.54) is 36.3 Å². The third-order valence-corrected chi connectivity index (χ3v) is 5.33. The summed E-state index contributed by atoms with van der Waals surface area (Å²) in [5, 5.41) is 0. The summed E-state index contributed by atoms with van der Waals surface area (Å²) in [6.45, 7) is 5.06. The van der Waals surface area contributed by atoms with Gasteiger partial charge in [0.15, 0.2) is 0 Å². The first-order valence-electron chi connectivity index (χ1n) is 9.93. The van der Waals surface area contributed by atoms with Crippen molar-refractivity contribution in [2.75, 3.05) is 37.6 Å². The van der Waals surface area contributed by atoms with Gasteiger partial charge in [-0.1, -0.05) is 12.5 Å². The van der Waals surface area contributed by atoms with Crippen LogP contribution in [0.2, 0.25) is 0 Å². The molecule has 0 bridgehead atoms. The molecule has 2 fully saturated rings. The van der Waals surface area contributed by atoms with E-state index >= 15 is 0 Å². The standard InChI is InChI=1S/C20H26F3N3O3/c1-15-19(28)25(12-6-11-24-9-3-2-4-10-24)14-18(27)26(15)16-7-5-8-17(13-16)29-20(21,22)23/h5,7-8,13,15H,2-4,6,9-12,14H2,1H3. The molecule has 0 N–H and O–H groups in total. The fourth-order valence-electron chi connectivity index (χ4n) is 3.96. The molecule has 1 atom stereocenters. The van der Waals surface area contributed by atoms with Crippen LogP contribution in [0.1, 0.15) is 32.6 Å². The Bertz CT molecular complexity index is 735. The lowest BCUT2D eigenvalue weighted by Crippen LogP contribution is -2.59. The van der Waals surface area contributed by atoms with Crippen molar-refractivity contribution in [3.05, 3.63) is 24.3 Å². The van der Waals surface area contributed by atoms with E-state index in [4.69, 9.17) is 0 Å². The Hall–Kier alpha value is -2.29. The van der Waals surface area contributed by atoms with Gasteiger partial charge < -0.3 is 14.5 Å². The maximum absolute atomic E-state index is 12.8. The summed E-state index contributed by atoms with van der Waals surface area (Å²) in [6.07, 6.45) is -0.371. The number of amides is 2. The van der Waals surface area contributed by atoms with E-state index in [9.17, 15) is 22.8 Å². The Kier molecular flexibility index (Phi) is 6.66. The number of nitrogens with zero attached hydrogens (tertiary/aromatic N) is 3. The third-order valence-electron chi connectivity index (χ3n) is 5.33. The second-order valence-electron chi connectivity index (χ2n) is 7.50. The predicted octanol–water partition coefficient (Wildman–Crippen LogP) is 3.02. The summed E-state index contributed by atoms with van der Waals surface area (Å²) >= 11 is 0. The maximum atomic E-state index is 12.8. The number of piperidine rings is 1. The SMILES string of the molecule is CC1C(=O)N(CCCN2CCCCC2)CC(=O)N1c1cccc(OC(F)(F)F)c1. The molecule has 0 aliphatic carbocycles. The number of rotatable bonds is 6. The molecule has 1 aromatic rings. The van der Waals surface area contributed by atoms with E-state index in [1.54, 1.807) is 11.8 Å². The summed E-state index contributed by atoms with van der Waals surface area (Å²) in [4.78, 5) is 30.6. The highest BCUT2D eigenvalue weighted by Gasteiger charge is 2.38. The maximum Gasteiger partial charge on any atom is 0.573 e. The quantitative estimate of drug-likeness (QED) is 0.720. The molecule has 0 spiro atoms. The number of ether oxygens (including phenoxy) is 1. The van der Waals surface area contributed by atoms with Crippen molar-refractivity contribution in [2.45, 2.75) is 45.0 Å². The average Bonchev–Trinajstić information content (AvgIpc) is 2.65. The first kappa shape index (κ1) is 21.4. The van der Waals surface area contributed by atoms with Crippen molar-refractivity contribution in [3.8, 4) is 5.75 Å². The first-order chi connectivity index (χ1) is 13.7. The molecule has 1 unspecified atom stereocenters. The number of carbonyl (C=O) groups is 2. The monoisotopic (exact) mass is 413 g/mol. The van der Waals surface area contributed by atoms with Crippen molar-refractivity contribution in [2.24, 2.45) is 0 Å². The minimum Gasteiger partial charge on any atom is -0.406 e. The summed E-state index contributed by atoms with van der Waals surface area (Å²) < 4.78 is 41.3. The molecule has 2 amide bonds. The second-order valence-corrected chi connectivity index (χ2v) is 7.50. The molecule has 160 valence electrons. The fraction of sp³-hybridized carbons (Fsp3) is 0.600. The van der Waals surface area contributed by atoms with Gasteiger partial charge in [0.05, 0.1) is 0 Å². The highest BCUT2D eigenvalue weighted by molar-refractivity contribution is 6.06. The van der Waals surface area contributed by atoms with Gasteiger partial charge in [-0.05, 0) is 58.0 Å². The van der Waals surface area contributed by atoms with Gasteiger partial charge in [0.1, 0.15) is 18.3 Å². The zero-order chi connectivity index (χ0) is 21.0. The number of hydrogen-bond acceptors (Lipinski definition) is 4. The molecule has 0 radical (unpaired) electrons. The van der Waals surface area contributed by atoms with Gasteiger partial charge in [0.2, 0.25) is 11.8 Å². The smallest absolute Gasteiger partial charge is 0.406 e. The summed E-state index contributed by atoms with van der Waals surface area (Å²) in [5.41, 5.74) is 0.213. The third kappa shape index (κ3) is 5.62. The van der Waals surface area contributed by atoms with Gasteiger partial charge >= 0.3 is 6.36 Å². The molecule has 1 aromatic carbocycles. The molecule has 0 saturated carbocycles. The second kappa shape index (κ2) is 9.02. The van der Waals surface area contributed by atoms with Crippen molar-refractivity contribution in [3.63, 3.8) is 0 Å². The van der Waals surface area contributed by atoms with Gasteiger partial charge in [-0.3, -0.25) is 14.5 Å². The number of anilines is 1. The minimum atomic E-state index is -4.82. The van der Waals surface area contributed by atoms with E-state index in [1.807, 2.05) is 0 Å². The molecular weight excluding hydrogens is 387 g/mol. The number of carbonyl (C=O) groups excluding carboxylic acids is 2. The van der Waals surface area contributed by atoms with Crippen LogP contribution in [0.15, 0.2) is 24.3 Å². The van der Waals surface area contributed by atoms with Gasteiger partial charge in [-0.15, -0.1) is 13.2 Å². The molecule has 2 saturated heterocycles. The number of benzene rings is 1. The first-order valence-corrected chi connectivity index (χ1v) is 9.93. The number of piperazine rings is 1. The zero-order valence-corrected chi connectivity index (χ0v) is 16.5. The van der Waals surface area contributed by atoms with Crippen molar-refractivity contribution in [1.29, 1.82) is 0 Å². The van der Waals surface area contributed by atoms with E-state index in [-0.39, 0.29) is 24.0 Å². The largest absolute Gasteiger partial charge is 0.573 e. The van der Waals surface area contributed by atoms with Gasteiger partial charge in [0.25, 0.3) is 0 Å². The molecule has 3 rings (SSSR count). The van der Waals surface area contributed by atoms with Crippen LogP contribution in [-0.2, 0) is 9.59 Å². The predicted molar refractivity (Wildman–Crippen MR) is 102 cm³/mol. The molecule has 2 heterocycles. The van der Waals surface area contributed by atoms with E-state index in [2.05, 4.69) is 9.64 Å². The molecule has 2 aliphatic heterocycles. The highest BCUT2D eigenvalue weighted by Crippen LogP contribution is 2.29. The number of likely N-dealkylation sites (tertiary alicyclic amines) is 1. The molecule has 0 aromatic heterocycles. The zero-order valence-electron chi connectivity index (χ0n) is 16.5. The molecule has 2 aliphatic rings. The van der Waals surface area contributed by atoms with Crippen LogP contribution in [0.25, 0.3) is 0 Å². The van der Waals surface area contributed by atoms with Crippen LogP contribution in [0, 0.1) is 0 Å². The summed E-state index contributed by atoms with van der Waals surface area (Å²) in [6, 6.07) is 4.36. The Balaban J connectivity index is 1.61. The van der Waals surface area contributed by atoms with Crippen molar-refractivity contribution in [1.82, 2.24) is 9.80 Å². The lowest BCUT2D eigenvalue weighted by atomic mass is 10.1. The van der Waals surface area contributed by atoms with Crippen LogP contribution in [0.5, 0.6) is 5.75 Å². The normalized spacial score (nSPS) is 21.6. The van der Waals surface area contributed by atoms with Gasteiger partial charge in [-0.2, -0.15) is 0 Å². The Morgan fingerprint density at radius 1 is 1.10 bits per heavy atom. The van der Waals surface area contributed by atoms with Crippen LogP contribution >= 0.6 is 0 Å². The average molecular weight is 413 g/mol. The lowest BCUT2D eigenvalue weighted by Gasteiger charge is -2.39. The minimum absolute atomic E-state index is 0.0759. The summed E-state index contributed by atoms with van der Waals surface area (Å²) in [7, 11) is 0. The summed E-state index contributed by atoms with van der Waals surface area (Å²) in [5.74, 6) is -0.948. The lowest BCUT2D eigenvalue weighted by molar-refractivity contribution is -0.274.